The molecule has 0 N–H and O–H groups in total. The van der Waals surface area contributed by atoms with Gasteiger partial charge < -0.3 is 9.47 Å². The Balaban J connectivity index is 2.06. The van der Waals surface area contributed by atoms with Crippen LogP contribution in [0.5, 0.6) is 5.75 Å². The van der Waals surface area contributed by atoms with Gasteiger partial charge in [-0.2, -0.15) is 5.10 Å². The molecule has 3 unspecified atom stereocenters. The Hall–Kier alpha value is -0.740. The summed E-state index contributed by atoms with van der Waals surface area (Å²) in [6, 6.07) is 0. The van der Waals surface area contributed by atoms with E-state index >= 15 is 0 Å². The Morgan fingerprint density at radius 3 is 2.65 bits per heavy atom. The first-order valence-corrected chi connectivity index (χ1v) is 6.40. The second-order valence-corrected chi connectivity index (χ2v) is 5.01. The average Bonchev–Trinajstić information content (AvgIpc) is 2.52. The number of hydrogen-bond acceptors (Lipinski definition) is 3. The van der Waals surface area contributed by atoms with E-state index in [4.69, 9.17) is 21.1 Å². The van der Waals surface area contributed by atoms with Crippen LogP contribution >= 0.6 is 11.6 Å². The van der Waals surface area contributed by atoms with Crippen molar-refractivity contribution in [3.05, 3.63) is 11.4 Å². The van der Waals surface area contributed by atoms with E-state index in [-0.39, 0.29) is 17.6 Å². The van der Waals surface area contributed by atoms with Gasteiger partial charge in [-0.3, -0.25) is 4.68 Å². The summed E-state index contributed by atoms with van der Waals surface area (Å²) in [5, 5.41) is 4.40. The van der Waals surface area contributed by atoms with Gasteiger partial charge in [0.15, 0.2) is 5.75 Å². The van der Waals surface area contributed by atoms with Gasteiger partial charge in [0.2, 0.25) is 0 Å². The van der Waals surface area contributed by atoms with Crippen molar-refractivity contribution in [2.45, 2.75) is 44.8 Å². The summed E-state index contributed by atoms with van der Waals surface area (Å²) in [6.07, 6.45) is 0.889. The van der Waals surface area contributed by atoms with Gasteiger partial charge in [0.05, 0.1) is 11.1 Å². The maximum Gasteiger partial charge on any atom is 0.163 e. The van der Waals surface area contributed by atoms with Crippen LogP contribution in [0.4, 0.5) is 0 Å². The van der Waals surface area contributed by atoms with Crippen LogP contribution in [-0.4, -0.2) is 34.0 Å². The van der Waals surface area contributed by atoms with Crippen LogP contribution in [0.25, 0.3) is 0 Å². The predicted molar refractivity (Wildman–Crippen MR) is 66.8 cm³/mol. The molecule has 1 saturated carbocycles. The van der Waals surface area contributed by atoms with Gasteiger partial charge in [-0.1, -0.05) is 0 Å². The zero-order valence-electron chi connectivity index (χ0n) is 10.7. The van der Waals surface area contributed by atoms with Gasteiger partial charge in [-0.15, -0.1) is 11.6 Å². The molecule has 2 rings (SSSR count). The zero-order valence-corrected chi connectivity index (χ0v) is 11.5. The number of halogens is 1. The average molecular weight is 259 g/mol. The summed E-state index contributed by atoms with van der Waals surface area (Å²) < 4.78 is 13.4. The Morgan fingerprint density at radius 2 is 2.18 bits per heavy atom. The molecule has 0 aliphatic heterocycles. The minimum atomic E-state index is 0.000623. The molecule has 17 heavy (non-hydrogen) atoms. The van der Waals surface area contributed by atoms with Crippen molar-refractivity contribution in [1.29, 1.82) is 0 Å². The first-order valence-electron chi connectivity index (χ1n) is 5.97. The van der Waals surface area contributed by atoms with Gasteiger partial charge in [0.1, 0.15) is 17.9 Å². The molecule has 5 heteroatoms. The Labute approximate surface area is 107 Å². The summed E-state index contributed by atoms with van der Waals surface area (Å²) >= 11 is 6.11. The molecule has 1 aromatic rings. The third-order valence-corrected chi connectivity index (χ3v) is 3.68. The monoisotopic (exact) mass is 258 g/mol. The van der Waals surface area contributed by atoms with Crippen LogP contribution in [0.2, 0.25) is 0 Å². The van der Waals surface area contributed by atoms with Crippen LogP contribution in [0, 0.1) is 13.8 Å². The van der Waals surface area contributed by atoms with Crippen molar-refractivity contribution >= 4 is 11.6 Å². The largest absolute Gasteiger partial charge is 0.484 e. The van der Waals surface area contributed by atoms with Gasteiger partial charge in [0.25, 0.3) is 0 Å². The van der Waals surface area contributed by atoms with E-state index in [1.54, 1.807) is 0 Å². The number of nitrogens with zero attached hydrogens (tertiary/aromatic N) is 2. The molecule has 96 valence electrons. The highest BCUT2D eigenvalue weighted by Gasteiger charge is 2.43. The van der Waals surface area contributed by atoms with E-state index in [0.29, 0.717) is 6.61 Å². The number of hydrogen-bond donors (Lipinski definition) is 0. The highest BCUT2D eigenvalue weighted by atomic mass is 35.5. The molecule has 1 aliphatic rings. The predicted octanol–water partition coefficient (Wildman–Crippen LogP) is 2.20. The SMILES string of the molecule is CCOC1C(Cl)CC1Oc1c(C)nn(C)c1C. The molecule has 1 fully saturated rings. The topological polar surface area (TPSA) is 36.3 Å². The van der Waals surface area contributed by atoms with Gasteiger partial charge in [-0.05, 0) is 20.8 Å². The molecular formula is C12H19ClN2O2. The van der Waals surface area contributed by atoms with Crippen LogP contribution in [0.15, 0.2) is 0 Å². The minimum Gasteiger partial charge on any atom is -0.484 e. The molecule has 0 bridgehead atoms. The maximum absolute atomic E-state index is 6.11. The van der Waals surface area contributed by atoms with E-state index in [1.807, 2.05) is 32.5 Å². The van der Waals surface area contributed by atoms with Crippen LogP contribution in [0.3, 0.4) is 0 Å². The fourth-order valence-electron chi connectivity index (χ4n) is 2.12. The third kappa shape index (κ3) is 2.29. The molecule has 0 amide bonds. The molecule has 1 aromatic heterocycles. The Kier molecular flexibility index (Phi) is 3.64. The van der Waals surface area contributed by atoms with Crippen molar-refractivity contribution < 1.29 is 9.47 Å². The Morgan fingerprint density at radius 1 is 1.47 bits per heavy atom. The van der Waals surface area contributed by atoms with Gasteiger partial charge >= 0.3 is 0 Å². The van der Waals surface area contributed by atoms with Crippen molar-refractivity contribution in [1.82, 2.24) is 9.78 Å². The first kappa shape index (κ1) is 12.7. The smallest absolute Gasteiger partial charge is 0.163 e. The van der Waals surface area contributed by atoms with Gasteiger partial charge in [0, 0.05) is 20.1 Å². The van der Waals surface area contributed by atoms with E-state index in [9.17, 15) is 0 Å². The molecule has 0 aromatic carbocycles. The van der Waals surface area contributed by atoms with Crippen molar-refractivity contribution in [3.63, 3.8) is 0 Å². The molecule has 0 saturated heterocycles. The number of ether oxygens (including phenoxy) is 2. The molecule has 1 aliphatic carbocycles. The first-order chi connectivity index (χ1) is 8.04. The molecule has 0 spiro atoms. The number of aryl methyl sites for hydroxylation is 2. The molecule has 1 heterocycles. The van der Waals surface area contributed by atoms with E-state index in [0.717, 1.165) is 23.6 Å². The standard InChI is InChI=1S/C12H19ClN2O2/c1-5-16-12-9(13)6-10(12)17-11-7(2)14-15(4)8(11)3/h9-10,12H,5-6H2,1-4H3. The third-order valence-electron chi connectivity index (χ3n) is 3.25. The van der Waals surface area contributed by atoms with Crippen LogP contribution in [0.1, 0.15) is 24.7 Å². The second-order valence-electron chi connectivity index (χ2n) is 4.45. The highest BCUT2D eigenvalue weighted by molar-refractivity contribution is 6.21. The second kappa shape index (κ2) is 4.86. The summed E-state index contributed by atoms with van der Waals surface area (Å²) in [6.45, 7) is 6.59. The minimum absolute atomic E-state index is 0.000623. The van der Waals surface area contributed by atoms with Crippen LogP contribution < -0.4 is 4.74 Å². The summed E-state index contributed by atoms with van der Waals surface area (Å²) in [5.41, 5.74) is 1.95. The lowest BCUT2D eigenvalue weighted by molar-refractivity contribution is -0.0763. The van der Waals surface area contributed by atoms with E-state index < -0.39 is 0 Å². The Bertz CT molecular complexity index is 405. The zero-order chi connectivity index (χ0) is 12.6. The van der Waals surface area contributed by atoms with E-state index in [2.05, 4.69) is 5.10 Å². The number of alkyl halides is 1. The molecule has 0 radical (unpaired) electrons. The lowest BCUT2D eigenvalue weighted by Gasteiger charge is -2.40. The van der Waals surface area contributed by atoms with Crippen LogP contribution in [-0.2, 0) is 11.8 Å². The summed E-state index contributed by atoms with van der Waals surface area (Å²) in [4.78, 5) is 0. The fraction of sp³-hybridized carbons (Fsp3) is 0.750. The van der Waals surface area contributed by atoms with Gasteiger partial charge in [-0.25, -0.2) is 0 Å². The lowest BCUT2D eigenvalue weighted by atomic mass is 9.91. The van der Waals surface area contributed by atoms with E-state index in [1.165, 1.54) is 0 Å². The molecule has 4 nitrogen and oxygen atoms in total. The quantitative estimate of drug-likeness (QED) is 0.777. The highest BCUT2D eigenvalue weighted by Crippen LogP contribution is 2.34. The van der Waals surface area contributed by atoms with Crippen molar-refractivity contribution in [2.75, 3.05) is 6.61 Å². The fourth-order valence-corrected chi connectivity index (χ4v) is 2.53. The van der Waals surface area contributed by atoms with Crippen molar-refractivity contribution in [2.24, 2.45) is 7.05 Å². The molecular weight excluding hydrogens is 240 g/mol. The molecule has 3 atom stereocenters. The normalized spacial score (nSPS) is 27.9. The lowest BCUT2D eigenvalue weighted by Crippen LogP contribution is -2.52. The maximum atomic E-state index is 6.11. The number of rotatable bonds is 4. The summed E-state index contributed by atoms with van der Waals surface area (Å²) in [7, 11) is 1.92. The number of aromatic nitrogens is 2. The summed E-state index contributed by atoms with van der Waals surface area (Å²) in [5.74, 6) is 0.866. The van der Waals surface area contributed by atoms with Crippen molar-refractivity contribution in [3.8, 4) is 5.75 Å².